The van der Waals surface area contributed by atoms with Gasteiger partial charge in [0.1, 0.15) is 5.82 Å². The van der Waals surface area contributed by atoms with Gasteiger partial charge in [-0.25, -0.2) is 17.9 Å². The zero-order valence-corrected chi connectivity index (χ0v) is 25.4. The van der Waals surface area contributed by atoms with Crippen LogP contribution in [-0.2, 0) is 34.0 Å². The maximum atomic E-state index is 13.7. The first-order chi connectivity index (χ1) is 20.7. The number of nitrogens with one attached hydrogen (secondary N) is 1. The van der Waals surface area contributed by atoms with Crippen molar-refractivity contribution in [3.63, 3.8) is 0 Å². The summed E-state index contributed by atoms with van der Waals surface area (Å²) in [5.41, 5.74) is -0.583. The van der Waals surface area contributed by atoms with Gasteiger partial charge in [0.15, 0.2) is 0 Å². The molecule has 0 spiro atoms. The molecule has 0 saturated heterocycles. The van der Waals surface area contributed by atoms with E-state index in [0.29, 0.717) is 41.8 Å². The van der Waals surface area contributed by atoms with Gasteiger partial charge in [0, 0.05) is 17.9 Å². The van der Waals surface area contributed by atoms with Gasteiger partial charge >= 0.3 is 11.9 Å². The lowest BCUT2D eigenvalue weighted by molar-refractivity contribution is -0.137. The average Bonchev–Trinajstić information content (AvgIpc) is 3.53. The molecule has 232 valence electrons. The Morgan fingerprint density at radius 1 is 1.02 bits per heavy atom. The molecule has 3 aromatic carbocycles. The number of alkyl halides is 3. The molecule has 0 radical (unpaired) electrons. The van der Waals surface area contributed by atoms with Gasteiger partial charge in [0.2, 0.25) is 5.91 Å². The van der Waals surface area contributed by atoms with Gasteiger partial charge in [-0.2, -0.15) is 17.9 Å². The van der Waals surface area contributed by atoms with Crippen molar-refractivity contribution in [2.75, 3.05) is 0 Å². The molecular formula is C32H33F3N4O4S. The number of benzene rings is 3. The normalized spacial score (nSPS) is 16.1. The number of rotatable bonds is 10. The summed E-state index contributed by atoms with van der Waals surface area (Å²) < 4.78 is 72.0. The molecule has 1 aliphatic rings. The third-order valence-electron chi connectivity index (χ3n) is 7.98. The number of amides is 1. The lowest BCUT2D eigenvalue weighted by Gasteiger charge is -2.13. The first kappa shape index (κ1) is 31.2. The molecule has 44 heavy (non-hydrogen) atoms. The summed E-state index contributed by atoms with van der Waals surface area (Å²) in [6.07, 6.45) is -2.15. The van der Waals surface area contributed by atoms with Gasteiger partial charge in [-0.05, 0) is 47.6 Å². The molecule has 0 aliphatic heterocycles. The van der Waals surface area contributed by atoms with Crippen LogP contribution >= 0.6 is 0 Å². The van der Waals surface area contributed by atoms with Crippen molar-refractivity contribution in [2.24, 2.45) is 11.3 Å². The summed E-state index contributed by atoms with van der Waals surface area (Å²) >= 11 is 0. The van der Waals surface area contributed by atoms with Crippen LogP contribution in [0.2, 0.25) is 0 Å². The molecule has 1 fully saturated rings. The van der Waals surface area contributed by atoms with Crippen LogP contribution in [-0.4, -0.2) is 28.7 Å². The molecule has 1 N–H and O–H groups in total. The summed E-state index contributed by atoms with van der Waals surface area (Å²) in [6.45, 7) is 5.84. The Morgan fingerprint density at radius 3 is 2.30 bits per heavy atom. The van der Waals surface area contributed by atoms with Crippen LogP contribution in [0.1, 0.15) is 57.0 Å². The Hall–Kier alpha value is -4.19. The lowest BCUT2D eigenvalue weighted by atomic mass is 10.0. The number of halogens is 3. The smallest absolute Gasteiger partial charge is 0.274 e. The molecule has 5 rings (SSSR count). The predicted octanol–water partition coefficient (Wildman–Crippen LogP) is 5.96. The topological polar surface area (TPSA) is 103 Å². The van der Waals surface area contributed by atoms with E-state index in [1.165, 1.54) is 28.8 Å². The maximum Gasteiger partial charge on any atom is 0.418 e. The molecule has 8 nitrogen and oxygen atoms in total. The second kappa shape index (κ2) is 11.7. The van der Waals surface area contributed by atoms with Crippen LogP contribution in [0.15, 0.2) is 82.5 Å². The van der Waals surface area contributed by atoms with Gasteiger partial charge in [-0.3, -0.25) is 9.36 Å². The highest BCUT2D eigenvalue weighted by atomic mass is 32.2. The summed E-state index contributed by atoms with van der Waals surface area (Å²) in [4.78, 5) is 26.0. The molecule has 4 aromatic rings. The zero-order valence-electron chi connectivity index (χ0n) is 24.6. The van der Waals surface area contributed by atoms with Crippen LogP contribution < -0.4 is 10.4 Å². The molecule has 1 heterocycles. The molecule has 1 aromatic heterocycles. The average molecular weight is 627 g/mol. The number of aryl methyl sites for hydroxylation is 1. The van der Waals surface area contributed by atoms with Gasteiger partial charge in [0.05, 0.1) is 22.7 Å². The van der Waals surface area contributed by atoms with Crippen molar-refractivity contribution in [1.29, 1.82) is 0 Å². The first-order valence-corrected chi connectivity index (χ1v) is 15.8. The quantitative estimate of drug-likeness (QED) is 0.234. The fraction of sp³-hybridized carbons (Fsp3) is 0.344. The number of carbonyl (C=O) groups excluding carboxylic acids is 1. The molecule has 1 saturated carbocycles. The Balaban J connectivity index is 1.45. The Morgan fingerprint density at radius 2 is 1.66 bits per heavy atom. The Kier molecular flexibility index (Phi) is 8.32. The minimum Gasteiger partial charge on any atom is -0.274 e. The number of aromatic nitrogens is 3. The van der Waals surface area contributed by atoms with E-state index in [-0.39, 0.29) is 28.5 Å². The van der Waals surface area contributed by atoms with E-state index in [2.05, 4.69) is 9.82 Å². The van der Waals surface area contributed by atoms with E-state index in [0.717, 1.165) is 17.2 Å². The molecule has 0 unspecified atom stereocenters. The van der Waals surface area contributed by atoms with Crippen LogP contribution in [0.4, 0.5) is 13.2 Å². The Labute approximate surface area is 253 Å². The highest BCUT2D eigenvalue weighted by Gasteiger charge is 2.51. The summed E-state index contributed by atoms with van der Waals surface area (Å²) in [5.74, 6) is -0.521. The highest BCUT2D eigenvalue weighted by molar-refractivity contribution is 7.90. The van der Waals surface area contributed by atoms with Gasteiger partial charge in [-0.15, -0.1) is 5.10 Å². The maximum absolute atomic E-state index is 13.7. The van der Waals surface area contributed by atoms with Crippen LogP contribution in [0, 0.1) is 11.3 Å². The SMILES string of the molecule is CCCCc1nn(-c2ccccc2C(F)(F)F)c(=O)n1Cc1ccc(-c2ccccc2S(=O)(=O)NC(=O)[C@@H]2CC2(C)C)cc1. The highest BCUT2D eigenvalue weighted by Crippen LogP contribution is 2.51. The van der Waals surface area contributed by atoms with Crippen molar-refractivity contribution in [3.05, 3.63) is 100 Å². The lowest BCUT2D eigenvalue weighted by Crippen LogP contribution is -2.33. The van der Waals surface area contributed by atoms with E-state index in [1.54, 1.807) is 42.5 Å². The van der Waals surface area contributed by atoms with Crippen molar-refractivity contribution < 1.29 is 26.4 Å². The second-order valence-electron chi connectivity index (χ2n) is 11.7. The van der Waals surface area contributed by atoms with Crippen LogP contribution in [0.3, 0.4) is 0 Å². The van der Waals surface area contributed by atoms with Crippen LogP contribution in [0.25, 0.3) is 16.8 Å². The number of nitrogens with zero attached hydrogens (tertiary/aromatic N) is 3. The third kappa shape index (κ3) is 6.35. The fourth-order valence-corrected chi connectivity index (χ4v) is 6.51. The second-order valence-corrected chi connectivity index (χ2v) is 13.4. The summed E-state index contributed by atoms with van der Waals surface area (Å²) in [5, 5.41) is 4.31. The number of sulfonamides is 1. The van der Waals surface area contributed by atoms with Gasteiger partial charge in [0.25, 0.3) is 10.0 Å². The molecule has 12 heteroatoms. The minimum atomic E-state index is -4.67. The Bertz CT molecular complexity index is 1860. The molecule has 1 atom stereocenters. The number of carbonyl (C=O) groups is 1. The number of unbranched alkanes of at least 4 members (excludes halogenated alkanes) is 1. The van der Waals surface area contributed by atoms with E-state index >= 15 is 0 Å². The van der Waals surface area contributed by atoms with Gasteiger partial charge in [-0.1, -0.05) is 81.8 Å². The first-order valence-electron chi connectivity index (χ1n) is 14.3. The molecule has 1 aliphatic carbocycles. The number of para-hydroxylation sites is 1. The molecule has 1 amide bonds. The monoisotopic (exact) mass is 626 g/mol. The van der Waals surface area contributed by atoms with Crippen molar-refractivity contribution >= 4 is 15.9 Å². The van der Waals surface area contributed by atoms with E-state index < -0.39 is 33.4 Å². The van der Waals surface area contributed by atoms with Gasteiger partial charge < -0.3 is 0 Å². The third-order valence-corrected chi connectivity index (χ3v) is 9.38. The van der Waals surface area contributed by atoms with Crippen molar-refractivity contribution in [1.82, 2.24) is 19.1 Å². The van der Waals surface area contributed by atoms with Crippen LogP contribution in [0.5, 0.6) is 0 Å². The minimum absolute atomic E-state index is 0.0396. The zero-order chi connectivity index (χ0) is 31.9. The van der Waals surface area contributed by atoms with E-state index in [4.69, 9.17) is 0 Å². The molecular weight excluding hydrogens is 593 g/mol. The standard InChI is InChI=1S/C32H33F3N4O4S/c1-4-5-14-28-36-39(26-12-8-7-11-24(26)32(33,34)35)30(41)38(28)20-21-15-17-22(18-16-21)23-10-6-9-13-27(23)44(42,43)37-29(40)25-19-31(25,2)3/h6-13,15-18,25H,4-5,14,19-20H2,1-3H3,(H,37,40)/t25-/m0/s1. The fourth-order valence-electron chi connectivity index (χ4n) is 5.26. The summed E-state index contributed by atoms with van der Waals surface area (Å²) in [6, 6.07) is 18.0. The molecule has 0 bridgehead atoms. The number of hydrogen-bond donors (Lipinski definition) is 1. The van der Waals surface area contributed by atoms with E-state index in [9.17, 15) is 31.2 Å². The van der Waals surface area contributed by atoms with E-state index in [1.807, 2.05) is 20.8 Å². The predicted molar refractivity (Wildman–Crippen MR) is 160 cm³/mol. The largest absolute Gasteiger partial charge is 0.418 e. The number of hydrogen-bond acceptors (Lipinski definition) is 5. The van der Waals surface area contributed by atoms with Crippen molar-refractivity contribution in [2.45, 2.75) is 64.1 Å². The summed E-state index contributed by atoms with van der Waals surface area (Å²) in [7, 11) is -4.15. The van der Waals surface area contributed by atoms with Crippen molar-refractivity contribution in [3.8, 4) is 16.8 Å².